The van der Waals surface area contributed by atoms with Gasteiger partial charge in [-0.3, -0.25) is 24.1 Å². The highest BCUT2D eigenvalue weighted by molar-refractivity contribution is 7.15. The van der Waals surface area contributed by atoms with Crippen molar-refractivity contribution in [2.24, 2.45) is 0 Å². The zero-order valence-corrected chi connectivity index (χ0v) is 21.6. The zero-order chi connectivity index (χ0) is 27.1. The van der Waals surface area contributed by atoms with E-state index >= 15 is 0 Å². The summed E-state index contributed by atoms with van der Waals surface area (Å²) in [6, 6.07) is 23.7. The monoisotopic (exact) mass is 535 g/mol. The number of carbonyl (C=O) groups excluding carboxylic acids is 2. The van der Waals surface area contributed by atoms with E-state index in [-0.39, 0.29) is 39.6 Å². The molecule has 1 aliphatic heterocycles. The van der Waals surface area contributed by atoms with Crippen molar-refractivity contribution in [3.63, 3.8) is 0 Å². The number of hydrogen-bond acceptors (Lipinski definition) is 7. The van der Waals surface area contributed by atoms with Crippen molar-refractivity contribution in [3.05, 3.63) is 126 Å². The van der Waals surface area contributed by atoms with Crippen LogP contribution in [0.15, 0.2) is 88.5 Å². The van der Waals surface area contributed by atoms with Crippen LogP contribution in [0, 0.1) is 6.92 Å². The molecular weight excluding hydrogens is 514 g/mol. The number of benzene rings is 3. The average Bonchev–Trinajstić information content (AvgIpc) is 3.37. The molecule has 0 aliphatic carbocycles. The lowest BCUT2D eigenvalue weighted by Gasteiger charge is -2.16. The first kappa shape index (κ1) is 24.4. The summed E-state index contributed by atoms with van der Waals surface area (Å²) < 4.78 is 1.20. The molecule has 3 aromatic carbocycles. The van der Waals surface area contributed by atoms with Crippen LogP contribution in [-0.4, -0.2) is 33.0 Å². The summed E-state index contributed by atoms with van der Waals surface area (Å²) in [6.07, 6.45) is 0.225. The molecule has 1 N–H and O–H groups in total. The molecule has 0 saturated heterocycles. The number of fused-ring (bicyclic) bond motifs is 2. The number of aryl methyl sites for hydroxylation is 1. The fourth-order valence-electron chi connectivity index (χ4n) is 4.62. The molecule has 0 radical (unpaired) electrons. The maximum Gasteiger partial charge on any atom is 0.296 e. The number of anilines is 2. The van der Waals surface area contributed by atoms with Crippen LogP contribution < -0.4 is 25.9 Å². The Morgan fingerprint density at radius 2 is 1.72 bits per heavy atom. The van der Waals surface area contributed by atoms with Gasteiger partial charge in [0.15, 0.2) is 0 Å². The summed E-state index contributed by atoms with van der Waals surface area (Å²) >= 11 is 0.935. The molecule has 6 rings (SSSR count). The van der Waals surface area contributed by atoms with Crippen molar-refractivity contribution in [2.75, 3.05) is 16.8 Å². The standard InChI is InChI=1S/C29H21N5O4S/c1-17-8-7-11-19(14-17)30-23(35)16-33-22-13-6-5-12-20(22)24(27(33)37)25-28(38)34-29(39-25)31-26(36)21(32-34)15-18-9-3-2-4-10-18/h2-14H,15-16H2,1H3,(H,30,35)/b25-24-. The Morgan fingerprint density at radius 1 is 0.949 bits per heavy atom. The fraction of sp³-hybridized carbons (Fsp3) is 0.103. The maximum absolute atomic E-state index is 13.7. The van der Waals surface area contributed by atoms with E-state index in [1.54, 1.807) is 30.3 Å². The van der Waals surface area contributed by atoms with Crippen molar-refractivity contribution in [1.82, 2.24) is 14.6 Å². The molecular formula is C29H21N5O4S. The molecule has 192 valence electrons. The summed E-state index contributed by atoms with van der Waals surface area (Å²) in [7, 11) is 0. The van der Waals surface area contributed by atoms with Crippen molar-refractivity contribution >= 4 is 45.1 Å². The Bertz CT molecular complexity index is 1950. The Kier molecular flexibility index (Phi) is 6.08. The van der Waals surface area contributed by atoms with Gasteiger partial charge in [-0.15, -0.1) is 0 Å². The number of nitrogens with one attached hydrogen (secondary N) is 1. The molecule has 0 bridgehead atoms. The Balaban J connectivity index is 1.41. The van der Waals surface area contributed by atoms with E-state index in [1.165, 1.54) is 4.90 Å². The van der Waals surface area contributed by atoms with E-state index in [2.05, 4.69) is 15.4 Å². The predicted octanol–water partition coefficient (Wildman–Crippen LogP) is 2.31. The SMILES string of the molecule is Cc1cccc(NC(=O)CN2C(=O)/C(=c3\sc4nc(=O)c(Cc5ccccc5)nn4c3=O)c3ccccc32)c1. The first-order valence-corrected chi connectivity index (χ1v) is 13.0. The first-order valence-electron chi connectivity index (χ1n) is 12.2. The molecule has 5 aromatic rings. The lowest BCUT2D eigenvalue weighted by atomic mass is 10.1. The van der Waals surface area contributed by atoms with Gasteiger partial charge in [-0.05, 0) is 36.2 Å². The van der Waals surface area contributed by atoms with Crippen LogP contribution in [0.3, 0.4) is 0 Å². The molecule has 0 atom stereocenters. The molecule has 0 fully saturated rings. The van der Waals surface area contributed by atoms with Crippen LogP contribution in [-0.2, 0) is 16.0 Å². The minimum atomic E-state index is -0.541. The van der Waals surface area contributed by atoms with Crippen LogP contribution in [0.25, 0.3) is 10.5 Å². The van der Waals surface area contributed by atoms with Gasteiger partial charge in [0.05, 0.1) is 11.3 Å². The van der Waals surface area contributed by atoms with Gasteiger partial charge in [-0.1, -0.05) is 72.0 Å². The second-order valence-corrected chi connectivity index (χ2v) is 10.1. The third-order valence-corrected chi connectivity index (χ3v) is 7.42. The van der Waals surface area contributed by atoms with Gasteiger partial charge in [-0.25, -0.2) is 0 Å². The van der Waals surface area contributed by atoms with E-state index in [0.717, 1.165) is 27.0 Å². The topological polar surface area (TPSA) is 114 Å². The smallest absolute Gasteiger partial charge is 0.296 e. The summed E-state index contributed by atoms with van der Waals surface area (Å²) in [6.45, 7) is 1.69. The lowest BCUT2D eigenvalue weighted by molar-refractivity contribution is -0.118. The zero-order valence-electron chi connectivity index (χ0n) is 20.7. The highest BCUT2D eigenvalue weighted by Gasteiger charge is 2.35. The van der Waals surface area contributed by atoms with Crippen molar-refractivity contribution in [2.45, 2.75) is 13.3 Å². The van der Waals surface area contributed by atoms with Crippen molar-refractivity contribution in [3.8, 4) is 0 Å². The van der Waals surface area contributed by atoms with Gasteiger partial charge in [0.25, 0.3) is 17.0 Å². The quantitative estimate of drug-likeness (QED) is 0.370. The highest BCUT2D eigenvalue weighted by atomic mass is 32.1. The second kappa shape index (κ2) is 9.73. The Hall–Kier alpha value is -4.96. The number of para-hydroxylation sites is 1. The van der Waals surface area contributed by atoms with Gasteiger partial charge >= 0.3 is 0 Å². The molecule has 2 amide bonds. The van der Waals surface area contributed by atoms with Gasteiger partial charge in [-0.2, -0.15) is 14.6 Å². The van der Waals surface area contributed by atoms with Crippen LogP contribution >= 0.6 is 11.3 Å². The molecule has 0 spiro atoms. The maximum atomic E-state index is 13.7. The third-order valence-electron chi connectivity index (χ3n) is 6.39. The van der Waals surface area contributed by atoms with Crippen molar-refractivity contribution in [1.29, 1.82) is 0 Å². The number of carbonyl (C=O) groups is 2. The molecule has 39 heavy (non-hydrogen) atoms. The molecule has 3 heterocycles. The average molecular weight is 536 g/mol. The first-order chi connectivity index (χ1) is 18.9. The largest absolute Gasteiger partial charge is 0.325 e. The Labute approximate surface area is 225 Å². The van der Waals surface area contributed by atoms with Crippen LogP contribution in [0.2, 0.25) is 0 Å². The van der Waals surface area contributed by atoms with Gasteiger partial charge in [0.2, 0.25) is 10.9 Å². The summed E-state index contributed by atoms with van der Waals surface area (Å²) in [5.74, 6) is -0.852. The summed E-state index contributed by atoms with van der Waals surface area (Å²) in [5.41, 5.74) is 2.77. The van der Waals surface area contributed by atoms with E-state index in [9.17, 15) is 19.2 Å². The lowest BCUT2D eigenvalue weighted by Crippen LogP contribution is -2.37. The van der Waals surface area contributed by atoms with E-state index < -0.39 is 17.0 Å². The second-order valence-electron chi connectivity index (χ2n) is 9.16. The van der Waals surface area contributed by atoms with Crippen LogP contribution in [0.1, 0.15) is 22.4 Å². The van der Waals surface area contributed by atoms with E-state index in [0.29, 0.717) is 16.9 Å². The molecule has 10 heteroatoms. The number of hydrogen-bond donors (Lipinski definition) is 1. The number of aromatic nitrogens is 3. The fourth-order valence-corrected chi connectivity index (χ4v) is 5.61. The Morgan fingerprint density at radius 3 is 2.51 bits per heavy atom. The summed E-state index contributed by atoms with van der Waals surface area (Å²) in [5, 5.41) is 7.12. The number of nitrogens with zero attached hydrogens (tertiary/aromatic N) is 4. The molecule has 0 saturated carbocycles. The predicted molar refractivity (Wildman–Crippen MR) is 149 cm³/mol. The third kappa shape index (κ3) is 4.51. The molecule has 9 nitrogen and oxygen atoms in total. The number of amides is 2. The van der Waals surface area contributed by atoms with Gasteiger partial charge in [0, 0.05) is 17.7 Å². The van der Waals surface area contributed by atoms with Gasteiger partial charge < -0.3 is 5.32 Å². The van der Waals surface area contributed by atoms with Crippen molar-refractivity contribution < 1.29 is 9.59 Å². The van der Waals surface area contributed by atoms with E-state index in [1.807, 2.05) is 55.5 Å². The molecule has 2 aromatic heterocycles. The highest BCUT2D eigenvalue weighted by Crippen LogP contribution is 2.35. The number of rotatable bonds is 5. The van der Waals surface area contributed by atoms with E-state index in [4.69, 9.17) is 0 Å². The minimum Gasteiger partial charge on any atom is -0.325 e. The molecule has 1 aliphatic rings. The van der Waals surface area contributed by atoms with Gasteiger partial charge in [0.1, 0.15) is 16.8 Å². The normalized spacial score (nSPS) is 14.1. The molecule has 0 unspecified atom stereocenters. The van der Waals surface area contributed by atoms with Crippen LogP contribution in [0.5, 0.6) is 0 Å². The number of thiazole rings is 1. The minimum absolute atomic E-state index is 0.102. The van der Waals surface area contributed by atoms with Crippen LogP contribution in [0.4, 0.5) is 11.4 Å². The summed E-state index contributed by atoms with van der Waals surface area (Å²) in [4.78, 5) is 58.3.